The van der Waals surface area contributed by atoms with Crippen molar-refractivity contribution >= 4 is 58.2 Å². The van der Waals surface area contributed by atoms with E-state index in [1.807, 2.05) is 54.6 Å². The van der Waals surface area contributed by atoms with Crippen molar-refractivity contribution in [2.75, 3.05) is 11.1 Å². The van der Waals surface area contributed by atoms with Gasteiger partial charge in [-0.1, -0.05) is 96.3 Å². The number of anilines is 1. The normalized spacial score (nSPS) is 22.2. The Kier molecular flexibility index (Phi) is 9.23. The molecule has 36 heavy (non-hydrogen) atoms. The fourth-order valence-electron chi connectivity index (χ4n) is 3.93. The fraction of sp³-hybridized carbons (Fsp3) is 0.296. The molecule has 1 heterocycles. The number of aliphatic hydroxyl groups is 1. The smallest absolute Gasteiger partial charge is 0.276 e. The molecule has 1 amide bonds. The average molecular weight is 567 g/mol. The molecule has 5 nitrogen and oxygen atoms in total. The highest BCUT2D eigenvalue weighted by atomic mass is 35.6. The van der Waals surface area contributed by atoms with Crippen LogP contribution >= 0.6 is 46.6 Å². The van der Waals surface area contributed by atoms with Crippen LogP contribution in [0.15, 0.2) is 83.8 Å². The van der Waals surface area contributed by atoms with Gasteiger partial charge in [-0.25, -0.2) is 0 Å². The first-order chi connectivity index (χ1) is 17.2. The Labute approximate surface area is 230 Å². The molecule has 3 aromatic rings. The number of nitrogens with one attached hydrogen (secondary N) is 1. The third kappa shape index (κ3) is 6.95. The number of hydrogen-bond donors (Lipinski definition) is 2. The number of benzene rings is 3. The zero-order valence-corrected chi connectivity index (χ0v) is 22.5. The second kappa shape index (κ2) is 12.2. The van der Waals surface area contributed by atoms with Crippen LogP contribution in [-0.4, -0.2) is 26.7 Å². The predicted molar refractivity (Wildman–Crippen MR) is 145 cm³/mol. The Balaban J connectivity index is 1.55. The summed E-state index contributed by atoms with van der Waals surface area (Å²) < 4.78 is 10.9. The number of alkyl halides is 3. The molecule has 4 rings (SSSR count). The molecule has 1 aliphatic rings. The molecule has 0 radical (unpaired) electrons. The Morgan fingerprint density at radius 3 is 2.19 bits per heavy atom. The van der Waals surface area contributed by atoms with E-state index in [1.54, 1.807) is 23.9 Å². The van der Waals surface area contributed by atoms with Gasteiger partial charge in [0.1, 0.15) is 0 Å². The van der Waals surface area contributed by atoms with Crippen LogP contribution in [0.2, 0.25) is 0 Å². The van der Waals surface area contributed by atoms with Crippen LogP contribution in [0.1, 0.15) is 36.0 Å². The lowest BCUT2D eigenvalue weighted by molar-refractivity contribution is -0.268. The quantitative estimate of drug-likeness (QED) is 0.236. The molecular formula is C27H26Cl3NO4S. The minimum absolute atomic E-state index is 0.00933. The van der Waals surface area contributed by atoms with Crippen LogP contribution in [0.3, 0.4) is 0 Å². The van der Waals surface area contributed by atoms with Crippen LogP contribution in [0, 0.1) is 5.92 Å². The molecule has 0 bridgehead atoms. The Hall–Kier alpha value is -1.77. The van der Waals surface area contributed by atoms with E-state index in [9.17, 15) is 9.90 Å². The van der Waals surface area contributed by atoms with Crippen molar-refractivity contribution in [2.45, 2.75) is 40.7 Å². The molecule has 1 aliphatic heterocycles. The van der Waals surface area contributed by atoms with Crippen molar-refractivity contribution < 1.29 is 19.4 Å². The third-order valence-corrected chi connectivity index (χ3v) is 7.59. The number of amides is 1. The Morgan fingerprint density at radius 2 is 1.58 bits per heavy atom. The maximum Gasteiger partial charge on any atom is 0.276 e. The summed E-state index contributed by atoms with van der Waals surface area (Å²) in [6, 6.07) is 25.1. The molecule has 3 aromatic carbocycles. The van der Waals surface area contributed by atoms with Crippen molar-refractivity contribution in [3.05, 3.63) is 95.6 Å². The molecule has 1 fully saturated rings. The number of carbonyl (C=O) groups excluding carboxylic acids is 1. The zero-order valence-electron chi connectivity index (χ0n) is 19.4. The monoisotopic (exact) mass is 565 g/mol. The van der Waals surface area contributed by atoms with E-state index < -0.39 is 16.0 Å². The van der Waals surface area contributed by atoms with Crippen LogP contribution in [0.25, 0.3) is 0 Å². The first kappa shape index (κ1) is 27.3. The van der Waals surface area contributed by atoms with Gasteiger partial charge in [0.25, 0.3) is 9.70 Å². The van der Waals surface area contributed by atoms with Crippen molar-refractivity contribution in [1.82, 2.24) is 0 Å². The van der Waals surface area contributed by atoms with E-state index >= 15 is 0 Å². The first-order valence-corrected chi connectivity index (χ1v) is 13.5. The molecule has 0 aliphatic carbocycles. The molecule has 0 saturated carbocycles. The van der Waals surface area contributed by atoms with Gasteiger partial charge >= 0.3 is 0 Å². The van der Waals surface area contributed by atoms with Gasteiger partial charge in [-0.05, 0) is 35.4 Å². The second-order valence-electron chi connectivity index (χ2n) is 8.52. The van der Waals surface area contributed by atoms with E-state index in [0.29, 0.717) is 5.69 Å². The van der Waals surface area contributed by atoms with Crippen molar-refractivity contribution in [1.29, 1.82) is 0 Å². The van der Waals surface area contributed by atoms with Gasteiger partial charge in [0.05, 0.1) is 18.8 Å². The first-order valence-electron chi connectivity index (χ1n) is 11.4. The van der Waals surface area contributed by atoms with Crippen LogP contribution < -0.4 is 5.32 Å². The number of hydrogen-bond acceptors (Lipinski definition) is 5. The molecule has 4 atom stereocenters. The Bertz CT molecular complexity index is 1140. The van der Waals surface area contributed by atoms with E-state index in [-0.39, 0.29) is 24.7 Å². The van der Waals surface area contributed by atoms with Gasteiger partial charge < -0.3 is 19.9 Å². The number of halogens is 3. The van der Waals surface area contributed by atoms with E-state index in [2.05, 4.69) is 24.4 Å². The third-order valence-electron chi connectivity index (χ3n) is 5.98. The molecule has 1 saturated heterocycles. The number of thioether (sulfide) groups is 1. The predicted octanol–water partition coefficient (Wildman–Crippen LogP) is 7.07. The lowest BCUT2D eigenvalue weighted by Gasteiger charge is -2.41. The topological polar surface area (TPSA) is 67.8 Å². The second-order valence-corrected chi connectivity index (χ2v) is 11.9. The summed E-state index contributed by atoms with van der Waals surface area (Å²) in [6.07, 6.45) is -0.898. The molecular weight excluding hydrogens is 541 g/mol. The van der Waals surface area contributed by atoms with Crippen LogP contribution in [0.4, 0.5) is 5.69 Å². The summed E-state index contributed by atoms with van der Waals surface area (Å²) in [7, 11) is 0. The highest BCUT2D eigenvalue weighted by Gasteiger charge is 2.38. The lowest BCUT2D eigenvalue weighted by atomic mass is 9.91. The summed E-state index contributed by atoms with van der Waals surface area (Å²) >= 11 is 18.7. The van der Waals surface area contributed by atoms with Gasteiger partial charge in [0.2, 0.25) is 0 Å². The number of carbonyl (C=O) groups is 1. The van der Waals surface area contributed by atoms with E-state index in [0.717, 1.165) is 22.4 Å². The summed E-state index contributed by atoms with van der Waals surface area (Å²) in [4.78, 5) is 13.1. The SMILES string of the molecule is C[C@@H]1[C@H](CSc2ccccc2)O[C@H](c2ccc(NC(=O)C(Cl)(Cl)Cl)cc2)O[C@@H]1c1ccc(CO)cc1. The van der Waals surface area contributed by atoms with Crippen molar-refractivity contribution in [3.8, 4) is 0 Å². The molecule has 2 N–H and O–H groups in total. The zero-order chi connectivity index (χ0) is 25.7. The van der Waals surface area contributed by atoms with Gasteiger partial charge in [0, 0.05) is 27.8 Å². The van der Waals surface area contributed by atoms with Gasteiger partial charge in [-0.3, -0.25) is 4.79 Å². The number of ether oxygens (including phenoxy) is 2. The molecule has 190 valence electrons. The van der Waals surface area contributed by atoms with Gasteiger partial charge in [0.15, 0.2) is 6.29 Å². The molecule has 9 heteroatoms. The Morgan fingerprint density at radius 1 is 0.944 bits per heavy atom. The number of aliphatic hydroxyl groups excluding tert-OH is 1. The fourth-order valence-corrected chi connectivity index (χ4v) is 5.16. The average Bonchev–Trinajstić information content (AvgIpc) is 2.89. The highest BCUT2D eigenvalue weighted by Crippen LogP contribution is 2.43. The summed E-state index contributed by atoms with van der Waals surface area (Å²) in [5.41, 5.74) is 3.17. The maximum absolute atomic E-state index is 12.0. The molecule has 0 aromatic heterocycles. The molecule has 0 unspecified atom stereocenters. The largest absolute Gasteiger partial charge is 0.392 e. The highest BCUT2D eigenvalue weighted by molar-refractivity contribution is 7.99. The summed E-state index contributed by atoms with van der Waals surface area (Å²) in [5.74, 6) is 0.108. The lowest BCUT2D eigenvalue weighted by Crippen LogP contribution is -2.38. The standard InChI is InChI=1S/C27H26Cl3NO4S/c1-17-23(16-36-22-5-3-2-4-6-22)34-25(35-24(17)19-9-7-18(15-32)8-10-19)20-11-13-21(14-12-20)31-26(33)27(28,29)30/h2-14,17,23-25,32H,15-16H2,1H3,(H,31,33)/t17-,23+,24+,25+/m1/s1. The molecule has 0 spiro atoms. The van der Waals surface area contributed by atoms with Crippen molar-refractivity contribution in [3.63, 3.8) is 0 Å². The summed E-state index contributed by atoms with van der Waals surface area (Å²) in [6.45, 7) is 2.12. The van der Waals surface area contributed by atoms with E-state index in [1.165, 1.54) is 4.90 Å². The summed E-state index contributed by atoms with van der Waals surface area (Å²) in [5, 5.41) is 12.0. The van der Waals surface area contributed by atoms with Crippen LogP contribution in [-0.2, 0) is 20.9 Å². The van der Waals surface area contributed by atoms with Gasteiger partial charge in [-0.2, -0.15) is 0 Å². The van der Waals surface area contributed by atoms with Gasteiger partial charge in [-0.15, -0.1) is 11.8 Å². The minimum atomic E-state index is -2.05. The maximum atomic E-state index is 12.0. The number of rotatable bonds is 7. The van der Waals surface area contributed by atoms with E-state index in [4.69, 9.17) is 44.3 Å². The van der Waals surface area contributed by atoms with Crippen LogP contribution in [0.5, 0.6) is 0 Å². The minimum Gasteiger partial charge on any atom is -0.392 e. The van der Waals surface area contributed by atoms with Crippen molar-refractivity contribution in [2.24, 2.45) is 5.92 Å².